The Labute approximate surface area is 128 Å². The molecule has 2 unspecified atom stereocenters. The molecule has 0 spiro atoms. The molecule has 110 valence electrons. The van der Waals surface area contributed by atoms with Gasteiger partial charge in [0.2, 0.25) is 5.91 Å². The van der Waals surface area contributed by atoms with E-state index in [1.54, 1.807) is 11.3 Å². The zero-order chi connectivity index (χ0) is 14.8. The molecule has 3 N–H and O–H groups in total. The number of thiophene rings is 1. The molecular weight excluding hydrogens is 282 g/mol. The van der Waals surface area contributed by atoms with Gasteiger partial charge < -0.3 is 16.0 Å². The summed E-state index contributed by atoms with van der Waals surface area (Å²) in [4.78, 5) is 15.4. The first-order valence-corrected chi connectivity index (χ1v) is 8.03. The van der Waals surface area contributed by atoms with Gasteiger partial charge in [0, 0.05) is 10.9 Å². The number of nitrogens with zero attached hydrogens (tertiary/aromatic N) is 1. The zero-order valence-electron chi connectivity index (χ0n) is 12.0. The van der Waals surface area contributed by atoms with Gasteiger partial charge in [-0.05, 0) is 30.0 Å². The van der Waals surface area contributed by atoms with Crippen LogP contribution in [-0.4, -0.2) is 18.5 Å². The van der Waals surface area contributed by atoms with Gasteiger partial charge >= 0.3 is 0 Å². The lowest BCUT2D eigenvalue weighted by Gasteiger charge is -2.39. The molecule has 5 heteroatoms. The number of fused-ring (bicyclic) bond motifs is 1. The molecule has 2 aromatic rings. The van der Waals surface area contributed by atoms with E-state index < -0.39 is 0 Å². The monoisotopic (exact) mass is 301 g/mol. The molecule has 0 radical (unpaired) electrons. The highest BCUT2D eigenvalue weighted by Crippen LogP contribution is 2.38. The second-order valence-corrected chi connectivity index (χ2v) is 6.20. The molecule has 0 saturated heterocycles. The van der Waals surface area contributed by atoms with Crippen LogP contribution in [0.4, 0.5) is 11.4 Å². The molecule has 21 heavy (non-hydrogen) atoms. The van der Waals surface area contributed by atoms with Gasteiger partial charge in [0.15, 0.2) is 0 Å². The first-order chi connectivity index (χ1) is 10.2. The number of para-hydroxylation sites is 2. The molecule has 2 atom stereocenters. The number of nitrogens with two attached hydrogens (primary N) is 1. The number of benzene rings is 1. The van der Waals surface area contributed by atoms with Crippen molar-refractivity contribution in [1.29, 1.82) is 0 Å². The van der Waals surface area contributed by atoms with Crippen molar-refractivity contribution < 1.29 is 4.79 Å². The summed E-state index contributed by atoms with van der Waals surface area (Å²) in [5.74, 6) is 0.0126. The van der Waals surface area contributed by atoms with Crippen molar-refractivity contribution in [3.8, 4) is 0 Å². The van der Waals surface area contributed by atoms with Crippen LogP contribution in [0.25, 0.3) is 0 Å². The van der Waals surface area contributed by atoms with E-state index in [4.69, 9.17) is 5.73 Å². The van der Waals surface area contributed by atoms with E-state index >= 15 is 0 Å². The third kappa shape index (κ3) is 2.66. The number of carbonyl (C=O) groups excluding carboxylic acids is 1. The lowest BCUT2D eigenvalue weighted by molar-refractivity contribution is -0.115. The average molecular weight is 301 g/mol. The summed E-state index contributed by atoms with van der Waals surface area (Å²) in [6, 6.07) is 12.0. The van der Waals surface area contributed by atoms with E-state index in [2.05, 4.69) is 28.6 Å². The normalized spacial score (nSPS) is 17.0. The van der Waals surface area contributed by atoms with Crippen LogP contribution in [0, 0.1) is 0 Å². The van der Waals surface area contributed by atoms with E-state index in [1.165, 1.54) is 4.88 Å². The Morgan fingerprint density at radius 2 is 2.14 bits per heavy atom. The fourth-order valence-corrected chi connectivity index (χ4v) is 3.70. The molecule has 2 heterocycles. The third-order valence-corrected chi connectivity index (χ3v) is 4.79. The Balaban J connectivity index is 2.05. The number of carbonyl (C=O) groups is 1. The molecule has 0 aliphatic carbocycles. The second-order valence-electron chi connectivity index (χ2n) is 5.23. The van der Waals surface area contributed by atoms with E-state index in [9.17, 15) is 4.79 Å². The number of rotatable bonds is 4. The Hall–Kier alpha value is -1.85. The molecule has 1 aliphatic rings. The van der Waals surface area contributed by atoms with Crippen molar-refractivity contribution in [2.24, 2.45) is 5.73 Å². The van der Waals surface area contributed by atoms with Gasteiger partial charge in [-0.1, -0.05) is 25.1 Å². The number of anilines is 2. The van der Waals surface area contributed by atoms with E-state index in [-0.39, 0.29) is 18.0 Å². The summed E-state index contributed by atoms with van der Waals surface area (Å²) < 4.78 is 0. The molecule has 4 nitrogen and oxygen atoms in total. The van der Waals surface area contributed by atoms with Gasteiger partial charge in [0.1, 0.15) is 0 Å². The summed E-state index contributed by atoms with van der Waals surface area (Å²) in [5, 5.41) is 4.99. The molecule has 0 saturated carbocycles. The molecule has 1 aliphatic heterocycles. The fourth-order valence-electron chi connectivity index (χ4n) is 2.79. The SMILES string of the molecule is CCC(N)C(c1cccs1)N1CC(=O)Nc2ccccc21. The van der Waals surface area contributed by atoms with Crippen molar-refractivity contribution in [2.45, 2.75) is 25.4 Å². The summed E-state index contributed by atoms with van der Waals surface area (Å²) >= 11 is 1.69. The maximum Gasteiger partial charge on any atom is 0.243 e. The molecule has 0 bridgehead atoms. The minimum atomic E-state index is -0.0115. The van der Waals surface area contributed by atoms with Crippen LogP contribution in [0.5, 0.6) is 0 Å². The van der Waals surface area contributed by atoms with Gasteiger partial charge in [-0.25, -0.2) is 0 Å². The van der Waals surface area contributed by atoms with Crippen molar-refractivity contribution >= 4 is 28.6 Å². The number of hydrogen-bond donors (Lipinski definition) is 2. The predicted octanol–water partition coefficient (Wildman–Crippen LogP) is 2.99. The van der Waals surface area contributed by atoms with E-state index in [0.717, 1.165) is 17.8 Å². The smallest absolute Gasteiger partial charge is 0.243 e. The first kappa shape index (κ1) is 14.1. The molecule has 1 aromatic heterocycles. The largest absolute Gasteiger partial charge is 0.351 e. The summed E-state index contributed by atoms with van der Waals surface area (Å²) in [5.41, 5.74) is 8.28. The lowest BCUT2D eigenvalue weighted by atomic mass is 10.0. The van der Waals surface area contributed by atoms with Crippen LogP contribution in [0.1, 0.15) is 24.3 Å². The Bertz CT molecular complexity index is 626. The van der Waals surface area contributed by atoms with Crippen molar-refractivity contribution in [2.75, 3.05) is 16.8 Å². The lowest BCUT2D eigenvalue weighted by Crippen LogP contribution is -2.46. The summed E-state index contributed by atoms with van der Waals surface area (Å²) in [6.45, 7) is 2.43. The van der Waals surface area contributed by atoms with E-state index in [0.29, 0.717) is 6.54 Å². The molecule has 1 aromatic carbocycles. The Morgan fingerprint density at radius 1 is 1.33 bits per heavy atom. The van der Waals surface area contributed by atoms with Crippen LogP contribution in [0.2, 0.25) is 0 Å². The summed E-state index contributed by atoms with van der Waals surface area (Å²) in [6.07, 6.45) is 0.864. The quantitative estimate of drug-likeness (QED) is 0.912. The molecule has 3 rings (SSSR count). The highest BCUT2D eigenvalue weighted by Gasteiger charge is 2.32. The molecule has 0 fully saturated rings. The molecule has 1 amide bonds. The third-order valence-electron chi connectivity index (χ3n) is 3.85. The number of amides is 1. The van der Waals surface area contributed by atoms with Crippen LogP contribution in [0.15, 0.2) is 41.8 Å². The zero-order valence-corrected chi connectivity index (χ0v) is 12.8. The van der Waals surface area contributed by atoms with Crippen molar-refractivity contribution in [3.63, 3.8) is 0 Å². The average Bonchev–Trinajstić information content (AvgIpc) is 3.01. The topological polar surface area (TPSA) is 58.4 Å². The van der Waals surface area contributed by atoms with Crippen LogP contribution in [0.3, 0.4) is 0 Å². The number of hydrogen-bond acceptors (Lipinski definition) is 4. The van der Waals surface area contributed by atoms with Crippen LogP contribution >= 0.6 is 11.3 Å². The highest BCUT2D eigenvalue weighted by atomic mass is 32.1. The Kier molecular flexibility index (Phi) is 3.94. The second kappa shape index (κ2) is 5.87. The van der Waals surface area contributed by atoms with Gasteiger partial charge in [-0.3, -0.25) is 4.79 Å². The van der Waals surface area contributed by atoms with Crippen LogP contribution < -0.4 is 16.0 Å². The maximum atomic E-state index is 12.0. The van der Waals surface area contributed by atoms with Crippen molar-refractivity contribution in [1.82, 2.24) is 0 Å². The van der Waals surface area contributed by atoms with Crippen LogP contribution in [-0.2, 0) is 4.79 Å². The first-order valence-electron chi connectivity index (χ1n) is 7.15. The minimum Gasteiger partial charge on any atom is -0.351 e. The summed E-state index contributed by atoms with van der Waals surface area (Å²) in [7, 11) is 0. The fraction of sp³-hybridized carbons (Fsp3) is 0.312. The van der Waals surface area contributed by atoms with Gasteiger partial charge in [-0.2, -0.15) is 0 Å². The highest BCUT2D eigenvalue weighted by molar-refractivity contribution is 7.10. The molecular formula is C16H19N3OS. The number of nitrogens with one attached hydrogen (secondary N) is 1. The Morgan fingerprint density at radius 3 is 2.86 bits per heavy atom. The van der Waals surface area contributed by atoms with Gasteiger partial charge in [0.05, 0.1) is 24.0 Å². The maximum absolute atomic E-state index is 12.0. The standard InChI is InChI=1S/C16H19N3OS/c1-2-11(17)16(14-8-5-9-21-14)19-10-15(20)18-12-6-3-4-7-13(12)19/h3-9,11,16H,2,10,17H2,1H3,(H,18,20). The minimum absolute atomic E-state index is 0.0115. The predicted molar refractivity (Wildman–Crippen MR) is 87.7 cm³/mol. The van der Waals surface area contributed by atoms with Crippen molar-refractivity contribution in [3.05, 3.63) is 46.7 Å². The van der Waals surface area contributed by atoms with Gasteiger partial charge in [-0.15, -0.1) is 11.3 Å². The van der Waals surface area contributed by atoms with Gasteiger partial charge in [0.25, 0.3) is 0 Å². The van der Waals surface area contributed by atoms with E-state index in [1.807, 2.05) is 30.3 Å².